The summed E-state index contributed by atoms with van der Waals surface area (Å²) in [6.45, 7) is 3.77. The van der Waals surface area contributed by atoms with Crippen LogP contribution in [0.2, 0.25) is 0 Å². The molecular weight excluding hydrogens is 240 g/mol. The highest BCUT2D eigenvalue weighted by atomic mass is 32.1. The predicted molar refractivity (Wildman–Crippen MR) is 67.1 cm³/mol. The first kappa shape index (κ1) is 12.2. The Labute approximate surface area is 103 Å². The molecule has 1 aromatic heterocycles. The number of benzene rings is 1. The van der Waals surface area contributed by atoms with Gasteiger partial charge in [0, 0.05) is 16.3 Å². The van der Waals surface area contributed by atoms with Gasteiger partial charge in [-0.2, -0.15) is 0 Å². The van der Waals surface area contributed by atoms with Gasteiger partial charge >= 0.3 is 0 Å². The van der Waals surface area contributed by atoms with Gasteiger partial charge in [-0.05, 0) is 36.4 Å². The van der Waals surface area contributed by atoms with Gasteiger partial charge in [-0.25, -0.2) is 8.78 Å². The molecule has 2 aromatic rings. The molecule has 0 aliphatic carbocycles. The molecule has 0 saturated carbocycles. The molecule has 0 saturated heterocycles. The maximum atomic E-state index is 13.1. The van der Waals surface area contributed by atoms with Crippen molar-refractivity contribution in [3.05, 3.63) is 46.8 Å². The van der Waals surface area contributed by atoms with E-state index in [1.807, 2.05) is 19.1 Å². The molecule has 0 aliphatic rings. The van der Waals surface area contributed by atoms with E-state index in [1.54, 1.807) is 17.4 Å². The lowest BCUT2D eigenvalue weighted by molar-refractivity contribution is 0.509. The molecule has 0 fully saturated rings. The molecule has 4 heteroatoms. The Morgan fingerprint density at radius 2 is 1.94 bits per heavy atom. The first-order valence-corrected chi connectivity index (χ1v) is 6.27. The van der Waals surface area contributed by atoms with Crippen LogP contribution in [0.15, 0.2) is 30.3 Å². The molecular formula is C13H13F2NS. The fourth-order valence-electron chi connectivity index (χ4n) is 1.53. The number of hydrogen-bond donors (Lipinski definition) is 1. The normalized spacial score (nSPS) is 10.8. The second-order valence-corrected chi connectivity index (χ2v) is 4.84. The molecule has 0 aliphatic heterocycles. The zero-order valence-electron chi connectivity index (χ0n) is 9.47. The average molecular weight is 253 g/mol. The number of hydrogen-bond acceptors (Lipinski definition) is 2. The predicted octanol–water partition coefficient (Wildman–Crippen LogP) is 3.80. The fraction of sp³-hybridized carbons (Fsp3) is 0.231. The van der Waals surface area contributed by atoms with Gasteiger partial charge in [0.15, 0.2) is 11.6 Å². The number of thiophene rings is 1. The van der Waals surface area contributed by atoms with Crippen LogP contribution in [0.3, 0.4) is 0 Å². The molecule has 1 N–H and O–H groups in total. The highest BCUT2D eigenvalue weighted by Gasteiger charge is 2.06. The molecule has 17 heavy (non-hydrogen) atoms. The maximum absolute atomic E-state index is 13.1. The third-order valence-electron chi connectivity index (χ3n) is 2.42. The summed E-state index contributed by atoms with van der Waals surface area (Å²) >= 11 is 1.59. The van der Waals surface area contributed by atoms with E-state index in [-0.39, 0.29) is 0 Å². The van der Waals surface area contributed by atoms with Crippen molar-refractivity contribution in [2.24, 2.45) is 0 Å². The van der Waals surface area contributed by atoms with Crippen molar-refractivity contribution in [1.29, 1.82) is 0 Å². The minimum absolute atomic E-state index is 0.719. The van der Waals surface area contributed by atoms with E-state index in [0.717, 1.165) is 29.6 Å². The Morgan fingerprint density at radius 1 is 1.12 bits per heavy atom. The van der Waals surface area contributed by atoms with Crippen LogP contribution in [-0.4, -0.2) is 6.54 Å². The number of halogens is 2. The highest BCUT2D eigenvalue weighted by molar-refractivity contribution is 7.15. The molecule has 2 rings (SSSR count). The molecule has 1 aromatic carbocycles. The van der Waals surface area contributed by atoms with Gasteiger partial charge in [0.2, 0.25) is 0 Å². The average Bonchev–Trinajstić information content (AvgIpc) is 2.79. The van der Waals surface area contributed by atoms with Gasteiger partial charge in [0.1, 0.15) is 0 Å². The summed E-state index contributed by atoms with van der Waals surface area (Å²) in [5, 5.41) is 3.23. The second kappa shape index (κ2) is 5.38. The van der Waals surface area contributed by atoms with Crippen LogP contribution in [0, 0.1) is 11.6 Å². The highest BCUT2D eigenvalue weighted by Crippen LogP contribution is 2.29. The number of rotatable bonds is 4. The Morgan fingerprint density at radius 3 is 2.65 bits per heavy atom. The van der Waals surface area contributed by atoms with Crippen LogP contribution in [0.1, 0.15) is 11.8 Å². The zero-order chi connectivity index (χ0) is 12.3. The van der Waals surface area contributed by atoms with Gasteiger partial charge in [0.25, 0.3) is 0 Å². The quantitative estimate of drug-likeness (QED) is 0.873. The van der Waals surface area contributed by atoms with Crippen LogP contribution in [-0.2, 0) is 6.54 Å². The summed E-state index contributed by atoms with van der Waals surface area (Å²) in [5.74, 6) is -1.61. The van der Waals surface area contributed by atoms with Crippen molar-refractivity contribution >= 4 is 11.3 Å². The molecule has 0 atom stereocenters. The van der Waals surface area contributed by atoms with E-state index in [0.29, 0.717) is 0 Å². The lowest BCUT2D eigenvalue weighted by atomic mass is 10.2. The summed E-state index contributed by atoms with van der Waals surface area (Å²) in [6, 6.07) is 7.93. The molecule has 0 radical (unpaired) electrons. The largest absolute Gasteiger partial charge is 0.312 e. The van der Waals surface area contributed by atoms with Crippen molar-refractivity contribution in [2.45, 2.75) is 13.5 Å². The van der Waals surface area contributed by atoms with E-state index in [2.05, 4.69) is 5.32 Å². The summed E-state index contributed by atoms with van der Waals surface area (Å²) in [4.78, 5) is 2.14. The third kappa shape index (κ3) is 2.90. The summed E-state index contributed by atoms with van der Waals surface area (Å²) in [5.41, 5.74) is 0.719. The molecule has 0 amide bonds. The van der Waals surface area contributed by atoms with Gasteiger partial charge in [0.05, 0.1) is 0 Å². The smallest absolute Gasteiger partial charge is 0.159 e. The van der Waals surface area contributed by atoms with E-state index in [9.17, 15) is 8.78 Å². The Kier molecular flexibility index (Phi) is 3.86. The maximum Gasteiger partial charge on any atom is 0.159 e. The molecule has 90 valence electrons. The molecule has 0 unspecified atom stereocenters. The van der Waals surface area contributed by atoms with Crippen LogP contribution in [0.5, 0.6) is 0 Å². The minimum Gasteiger partial charge on any atom is -0.312 e. The van der Waals surface area contributed by atoms with Gasteiger partial charge < -0.3 is 5.32 Å². The minimum atomic E-state index is -0.807. The Bertz CT molecular complexity index is 508. The SMILES string of the molecule is CCNCc1ccc(-c2ccc(F)c(F)c2)s1. The number of nitrogens with one attached hydrogen (secondary N) is 1. The first-order chi connectivity index (χ1) is 8.20. The first-order valence-electron chi connectivity index (χ1n) is 5.45. The van der Waals surface area contributed by atoms with Crippen LogP contribution < -0.4 is 5.32 Å². The monoisotopic (exact) mass is 253 g/mol. The standard InChI is InChI=1S/C13H13F2NS/c1-2-16-8-10-4-6-13(17-10)9-3-5-11(14)12(15)7-9/h3-7,16H,2,8H2,1H3. The fourth-order valence-corrected chi connectivity index (χ4v) is 2.50. The van der Waals surface area contributed by atoms with E-state index >= 15 is 0 Å². The van der Waals surface area contributed by atoms with Crippen molar-refractivity contribution in [3.63, 3.8) is 0 Å². The lowest BCUT2D eigenvalue weighted by Crippen LogP contribution is -2.10. The van der Waals surface area contributed by atoms with Gasteiger partial charge in [-0.1, -0.05) is 13.0 Å². The molecule has 0 bridgehead atoms. The van der Waals surface area contributed by atoms with Crippen LogP contribution in [0.4, 0.5) is 8.78 Å². The topological polar surface area (TPSA) is 12.0 Å². The summed E-state index contributed by atoms with van der Waals surface area (Å²) in [6.07, 6.45) is 0. The van der Waals surface area contributed by atoms with Crippen molar-refractivity contribution in [3.8, 4) is 10.4 Å². The molecule has 1 heterocycles. The Hall–Kier alpha value is -1.26. The van der Waals surface area contributed by atoms with Crippen molar-refractivity contribution in [1.82, 2.24) is 5.32 Å². The second-order valence-electron chi connectivity index (χ2n) is 3.68. The van der Waals surface area contributed by atoms with Gasteiger partial charge in [-0.15, -0.1) is 11.3 Å². The van der Waals surface area contributed by atoms with Crippen LogP contribution >= 0.6 is 11.3 Å². The summed E-state index contributed by atoms with van der Waals surface area (Å²) < 4.78 is 25.9. The van der Waals surface area contributed by atoms with Gasteiger partial charge in [-0.3, -0.25) is 0 Å². The van der Waals surface area contributed by atoms with Crippen molar-refractivity contribution < 1.29 is 8.78 Å². The zero-order valence-corrected chi connectivity index (χ0v) is 10.3. The lowest BCUT2D eigenvalue weighted by Gasteiger charge is -1.99. The van der Waals surface area contributed by atoms with E-state index < -0.39 is 11.6 Å². The third-order valence-corrected chi connectivity index (χ3v) is 3.55. The van der Waals surface area contributed by atoms with Crippen LogP contribution in [0.25, 0.3) is 10.4 Å². The summed E-state index contributed by atoms with van der Waals surface area (Å²) in [7, 11) is 0. The molecule has 1 nitrogen and oxygen atoms in total. The van der Waals surface area contributed by atoms with E-state index in [4.69, 9.17) is 0 Å². The van der Waals surface area contributed by atoms with Crippen molar-refractivity contribution in [2.75, 3.05) is 6.54 Å². The van der Waals surface area contributed by atoms with E-state index in [1.165, 1.54) is 10.9 Å². The Balaban J connectivity index is 2.21. The molecule has 0 spiro atoms.